The van der Waals surface area contributed by atoms with Crippen LogP contribution in [0, 0.1) is 6.92 Å². The lowest BCUT2D eigenvalue weighted by Crippen LogP contribution is -2.17. The molecule has 1 aromatic carbocycles. The second-order valence-corrected chi connectivity index (χ2v) is 7.93. The van der Waals surface area contributed by atoms with Crippen LogP contribution in [0.5, 0.6) is 0 Å². The molecule has 0 spiro atoms. The highest BCUT2D eigenvalue weighted by atomic mass is 32.2. The molecular weight excluding hydrogens is 372 g/mol. The summed E-state index contributed by atoms with van der Waals surface area (Å²) >= 11 is 0. The minimum atomic E-state index is -3.67. The normalized spacial score (nSPS) is 11.7. The predicted octanol–water partition coefficient (Wildman–Crippen LogP) is 1.71. The molecule has 2 heterocycles. The molecule has 0 unspecified atom stereocenters. The van der Waals surface area contributed by atoms with Gasteiger partial charge in [0.1, 0.15) is 22.8 Å². The van der Waals surface area contributed by atoms with Crippen LogP contribution in [0.2, 0.25) is 0 Å². The minimum absolute atomic E-state index is 0.0410. The van der Waals surface area contributed by atoms with E-state index in [1.54, 1.807) is 19.2 Å². The number of fused-ring (bicyclic) bond motifs is 1. The van der Waals surface area contributed by atoms with Crippen molar-refractivity contribution in [2.24, 2.45) is 7.05 Å². The van der Waals surface area contributed by atoms with Crippen molar-refractivity contribution in [2.75, 3.05) is 7.05 Å². The molecule has 142 valence electrons. The van der Waals surface area contributed by atoms with Crippen molar-refractivity contribution < 1.29 is 22.4 Å². The van der Waals surface area contributed by atoms with Crippen LogP contribution in [0.25, 0.3) is 11.0 Å². The fourth-order valence-corrected chi connectivity index (χ4v) is 3.48. The lowest BCUT2D eigenvalue weighted by atomic mass is 10.1. The predicted molar refractivity (Wildman–Crippen MR) is 98.0 cm³/mol. The number of carbonyl (C=O) groups excluding carboxylic acids is 1. The van der Waals surface area contributed by atoms with Crippen molar-refractivity contribution in [3.05, 3.63) is 63.8 Å². The molecule has 2 aromatic heterocycles. The molecule has 9 heteroatoms. The number of aromatic nitrogens is 1. The van der Waals surface area contributed by atoms with Crippen LogP contribution in [0.1, 0.15) is 21.6 Å². The van der Waals surface area contributed by atoms with Crippen LogP contribution in [-0.4, -0.2) is 26.0 Å². The summed E-state index contributed by atoms with van der Waals surface area (Å²) in [6, 6.07) is 7.88. The van der Waals surface area contributed by atoms with Crippen molar-refractivity contribution in [1.82, 2.24) is 9.29 Å². The number of hydrogen-bond donors (Lipinski definition) is 1. The second kappa shape index (κ2) is 7.01. The third-order valence-electron chi connectivity index (χ3n) is 4.11. The Labute approximate surface area is 155 Å². The van der Waals surface area contributed by atoms with Gasteiger partial charge in [0.15, 0.2) is 0 Å². The quantitative estimate of drug-likeness (QED) is 0.525. The van der Waals surface area contributed by atoms with E-state index in [0.717, 1.165) is 5.56 Å². The molecule has 0 amide bonds. The zero-order valence-electron chi connectivity index (χ0n) is 15.0. The monoisotopic (exact) mass is 390 g/mol. The highest BCUT2D eigenvalue weighted by Gasteiger charge is 2.20. The largest absolute Gasteiger partial charge is 0.456 e. The number of carbonyl (C=O) groups is 1. The molecular formula is C18H18N2O6S. The number of aryl methyl sites for hydroxylation is 2. The standard InChI is InChI=1S/C18H18N2O6S/c1-11-4-5-14-12(7-17(21)26-16(14)6-11)10-25-18(22)15-8-13(9-20(15)3)27(23,24)19-2/h4-9,19H,10H2,1-3H3. The number of rotatable bonds is 5. The SMILES string of the molecule is CNS(=O)(=O)c1cc(C(=O)OCc2cc(=O)oc3cc(C)ccc23)n(C)c1. The van der Waals surface area contributed by atoms with Crippen molar-refractivity contribution in [2.45, 2.75) is 18.4 Å². The Balaban J connectivity index is 1.87. The van der Waals surface area contributed by atoms with Crippen molar-refractivity contribution in [3.63, 3.8) is 0 Å². The Morgan fingerprint density at radius 2 is 2.00 bits per heavy atom. The molecule has 0 aliphatic carbocycles. The lowest BCUT2D eigenvalue weighted by Gasteiger charge is -2.08. The first-order chi connectivity index (χ1) is 12.7. The summed E-state index contributed by atoms with van der Waals surface area (Å²) in [7, 11) is -0.843. The van der Waals surface area contributed by atoms with Crippen LogP contribution in [0.4, 0.5) is 0 Å². The maximum atomic E-state index is 12.4. The Bertz CT molecular complexity index is 1190. The average Bonchev–Trinajstić information content (AvgIpc) is 3.01. The van der Waals surface area contributed by atoms with Crippen LogP contribution in [0.15, 0.2) is 50.6 Å². The topological polar surface area (TPSA) is 108 Å². The van der Waals surface area contributed by atoms with Gasteiger partial charge in [-0.3, -0.25) is 0 Å². The van der Waals surface area contributed by atoms with Gasteiger partial charge in [-0.2, -0.15) is 0 Å². The second-order valence-electron chi connectivity index (χ2n) is 6.05. The van der Waals surface area contributed by atoms with E-state index in [4.69, 9.17) is 9.15 Å². The minimum Gasteiger partial charge on any atom is -0.456 e. The molecule has 0 aliphatic rings. The van der Waals surface area contributed by atoms with E-state index in [1.165, 1.54) is 29.9 Å². The van der Waals surface area contributed by atoms with Gasteiger partial charge in [-0.1, -0.05) is 12.1 Å². The van der Waals surface area contributed by atoms with Crippen LogP contribution in [0.3, 0.4) is 0 Å². The highest BCUT2D eigenvalue weighted by molar-refractivity contribution is 7.89. The number of nitrogens with zero attached hydrogens (tertiary/aromatic N) is 1. The van der Waals surface area contributed by atoms with Gasteiger partial charge in [0, 0.05) is 30.3 Å². The zero-order valence-corrected chi connectivity index (χ0v) is 15.8. The Kier molecular flexibility index (Phi) is 4.90. The van der Waals surface area contributed by atoms with E-state index in [-0.39, 0.29) is 17.2 Å². The van der Waals surface area contributed by atoms with E-state index in [9.17, 15) is 18.0 Å². The maximum Gasteiger partial charge on any atom is 0.355 e. The van der Waals surface area contributed by atoms with Gasteiger partial charge >= 0.3 is 11.6 Å². The fraction of sp³-hybridized carbons (Fsp3) is 0.222. The number of sulfonamides is 1. The first kappa shape index (κ1) is 18.9. The van der Waals surface area contributed by atoms with Gasteiger partial charge < -0.3 is 13.7 Å². The van der Waals surface area contributed by atoms with E-state index >= 15 is 0 Å². The van der Waals surface area contributed by atoms with Gasteiger partial charge in [0.05, 0.1) is 0 Å². The Morgan fingerprint density at radius 1 is 1.26 bits per heavy atom. The van der Waals surface area contributed by atoms with Crippen molar-refractivity contribution >= 4 is 27.0 Å². The molecule has 0 fully saturated rings. The molecule has 3 rings (SSSR count). The molecule has 0 saturated carbocycles. The van der Waals surface area contributed by atoms with Crippen molar-refractivity contribution in [1.29, 1.82) is 0 Å². The molecule has 3 aromatic rings. The summed E-state index contributed by atoms with van der Waals surface area (Å²) in [4.78, 5) is 24.1. The number of hydrogen-bond acceptors (Lipinski definition) is 6. The average molecular weight is 390 g/mol. The van der Waals surface area contributed by atoms with Gasteiger partial charge in [-0.05, 0) is 31.7 Å². The summed E-state index contributed by atoms with van der Waals surface area (Å²) in [5.41, 5.74) is 1.39. The molecule has 0 radical (unpaired) electrons. The smallest absolute Gasteiger partial charge is 0.355 e. The van der Waals surface area contributed by atoms with Gasteiger partial charge in [0.25, 0.3) is 0 Å². The summed E-state index contributed by atoms with van der Waals surface area (Å²) in [6.07, 6.45) is 1.32. The van der Waals surface area contributed by atoms with Crippen LogP contribution in [-0.2, 0) is 28.4 Å². The summed E-state index contributed by atoms with van der Waals surface area (Å²) in [5, 5.41) is 0.665. The maximum absolute atomic E-state index is 12.4. The molecule has 0 atom stereocenters. The third kappa shape index (κ3) is 3.79. The zero-order chi connectivity index (χ0) is 19.8. The van der Waals surface area contributed by atoms with E-state index in [1.807, 2.05) is 13.0 Å². The van der Waals surface area contributed by atoms with Crippen LogP contribution >= 0.6 is 0 Å². The molecule has 1 N–H and O–H groups in total. The number of benzene rings is 1. The van der Waals surface area contributed by atoms with Gasteiger partial charge in [0.2, 0.25) is 10.0 Å². The molecule has 0 bridgehead atoms. The number of ether oxygens (including phenoxy) is 1. The van der Waals surface area contributed by atoms with Gasteiger partial charge in [-0.25, -0.2) is 22.7 Å². The Morgan fingerprint density at radius 3 is 2.70 bits per heavy atom. The first-order valence-electron chi connectivity index (χ1n) is 8.01. The van der Waals surface area contributed by atoms with Crippen LogP contribution < -0.4 is 10.3 Å². The number of nitrogens with one attached hydrogen (secondary N) is 1. The van der Waals surface area contributed by atoms with Gasteiger partial charge in [-0.15, -0.1) is 0 Å². The van der Waals surface area contributed by atoms with E-state index in [0.29, 0.717) is 16.5 Å². The first-order valence-corrected chi connectivity index (χ1v) is 9.50. The highest BCUT2D eigenvalue weighted by Crippen LogP contribution is 2.20. The summed E-state index contributed by atoms with van der Waals surface area (Å²) in [6.45, 7) is 1.72. The summed E-state index contributed by atoms with van der Waals surface area (Å²) in [5.74, 6) is -0.705. The third-order valence-corrected chi connectivity index (χ3v) is 5.49. The molecule has 0 saturated heterocycles. The Hall–Kier alpha value is -2.91. The van der Waals surface area contributed by atoms with Crippen molar-refractivity contribution in [3.8, 4) is 0 Å². The fourth-order valence-electron chi connectivity index (χ4n) is 2.68. The van der Waals surface area contributed by atoms with E-state index in [2.05, 4.69) is 4.72 Å². The lowest BCUT2D eigenvalue weighted by molar-refractivity contribution is 0.0462. The molecule has 8 nitrogen and oxygen atoms in total. The molecule has 0 aliphatic heterocycles. The number of esters is 1. The summed E-state index contributed by atoms with van der Waals surface area (Å²) < 4.78 is 37.7. The van der Waals surface area contributed by atoms with E-state index < -0.39 is 21.6 Å². The molecule has 27 heavy (non-hydrogen) atoms.